The lowest BCUT2D eigenvalue weighted by atomic mass is 10.2. The van der Waals surface area contributed by atoms with E-state index >= 15 is 0 Å². The van der Waals surface area contributed by atoms with E-state index in [0.29, 0.717) is 23.9 Å². The second kappa shape index (κ2) is 6.70. The number of halogens is 1. The van der Waals surface area contributed by atoms with Gasteiger partial charge in [0.05, 0.1) is 0 Å². The summed E-state index contributed by atoms with van der Waals surface area (Å²) in [5.41, 5.74) is 7.44. The number of aromatic nitrogens is 2. The molecule has 0 bridgehead atoms. The molecule has 20 heavy (non-hydrogen) atoms. The number of nitrogens with two attached hydrogens (primary N) is 1. The van der Waals surface area contributed by atoms with Gasteiger partial charge in [-0.25, -0.2) is 14.4 Å². The number of rotatable bonds is 6. The van der Waals surface area contributed by atoms with E-state index in [1.54, 1.807) is 12.1 Å². The number of benzene rings is 1. The van der Waals surface area contributed by atoms with Crippen molar-refractivity contribution in [3.05, 3.63) is 42.0 Å². The molecule has 0 fully saturated rings. The minimum absolute atomic E-state index is 0.249. The van der Waals surface area contributed by atoms with E-state index < -0.39 is 0 Å². The zero-order valence-electron chi connectivity index (χ0n) is 11.4. The molecule has 106 valence electrons. The van der Waals surface area contributed by atoms with Crippen LogP contribution in [0.2, 0.25) is 0 Å². The molecule has 0 unspecified atom stereocenters. The highest BCUT2D eigenvalue weighted by Gasteiger charge is 2.07. The normalized spacial score (nSPS) is 10.3. The van der Waals surface area contributed by atoms with Crippen LogP contribution in [0, 0.1) is 5.82 Å². The predicted molar refractivity (Wildman–Crippen MR) is 79.0 cm³/mol. The van der Waals surface area contributed by atoms with E-state index in [9.17, 15) is 4.39 Å². The third-order valence-corrected chi connectivity index (χ3v) is 2.80. The van der Waals surface area contributed by atoms with Gasteiger partial charge in [0, 0.05) is 13.1 Å². The first-order chi connectivity index (χ1) is 9.70. The number of nitrogen functional groups attached to an aromatic ring is 1. The van der Waals surface area contributed by atoms with Gasteiger partial charge < -0.3 is 16.4 Å². The zero-order valence-corrected chi connectivity index (χ0v) is 11.4. The van der Waals surface area contributed by atoms with Gasteiger partial charge in [0.1, 0.15) is 17.8 Å². The SMILES string of the molecule is CCCNc1ncnc(NCc2ccc(F)cc2)c1N. The first-order valence-electron chi connectivity index (χ1n) is 6.53. The summed E-state index contributed by atoms with van der Waals surface area (Å²) in [4.78, 5) is 8.22. The summed E-state index contributed by atoms with van der Waals surface area (Å²) >= 11 is 0. The van der Waals surface area contributed by atoms with Gasteiger partial charge >= 0.3 is 0 Å². The summed E-state index contributed by atoms with van der Waals surface area (Å²) in [6.45, 7) is 3.39. The summed E-state index contributed by atoms with van der Waals surface area (Å²) in [5.74, 6) is 0.952. The van der Waals surface area contributed by atoms with E-state index in [1.165, 1.54) is 18.5 Å². The van der Waals surface area contributed by atoms with Crippen LogP contribution in [0.25, 0.3) is 0 Å². The highest BCUT2D eigenvalue weighted by Crippen LogP contribution is 2.22. The van der Waals surface area contributed by atoms with Crippen LogP contribution in [0.3, 0.4) is 0 Å². The summed E-state index contributed by atoms with van der Waals surface area (Å²) in [6, 6.07) is 6.29. The molecular weight excluding hydrogens is 257 g/mol. The summed E-state index contributed by atoms with van der Waals surface area (Å²) in [7, 11) is 0. The summed E-state index contributed by atoms with van der Waals surface area (Å²) in [6.07, 6.45) is 2.45. The van der Waals surface area contributed by atoms with Crippen LogP contribution < -0.4 is 16.4 Å². The second-order valence-electron chi connectivity index (χ2n) is 4.39. The molecule has 0 aliphatic heterocycles. The molecule has 0 saturated heterocycles. The maximum Gasteiger partial charge on any atom is 0.155 e. The third kappa shape index (κ3) is 3.57. The van der Waals surface area contributed by atoms with Gasteiger partial charge in [-0.15, -0.1) is 0 Å². The Kier molecular flexibility index (Phi) is 4.70. The number of hydrogen-bond donors (Lipinski definition) is 3. The molecular formula is C14H18FN5. The van der Waals surface area contributed by atoms with E-state index in [2.05, 4.69) is 27.5 Å². The van der Waals surface area contributed by atoms with Crippen LogP contribution in [-0.4, -0.2) is 16.5 Å². The van der Waals surface area contributed by atoms with Crippen molar-refractivity contribution >= 4 is 17.3 Å². The van der Waals surface area contributed by atoms with Gasteiger partial charge in [-0.3, -0.25) is 0 Å². The molecule has 1 aromatic carbocycles. The number of nitrogens with zero attached hydrogens (tertiary/aromatic N) is 2. The van der Waals surface area contributed by atoms with Gasteiger partial charge in [0.2, 0.25) is 0 Å². The van der Waals surface area contributed by atoms with Gasteiger partial charge in [0.15, 0.2) is 11.6 Å². The van der Waals surface area contributed by atoms with Gasteiger partial charge in [-0.1, -0.05) is 19.1 Å². The van der Waals surface area contributed by atoms with Crippen molar-refractivity contribution in [2.75, 3.05) is 22.9 Å². The Morgan fingerprint density at radius 3 is 2.40 bits per heavy atom. The molecule has 0 aliphatic carbocycles. The van der Waals surface area contributed by atoms with Crippen LogP contribution in [-0.2, 0) is 6.54 Å². The van der Waals surface area contributed by atoms with Gasteiger partial charge in [0.25, 0.3) is 0 Å². The van der Waals surface area contributed by atoms with Crippen molar-refractivity contribution in [2.24, 2.45) is 0 Å². The fourth-order valence-corrected chi connectivity index (χ4v) is 1.71. The van der Waals surface area contributed by atoms with Crippen LogP contribution in [0.15, 0.2) is 30.6 Å². The number of anilines is 3. The Morgan fingerprint density at radius 1 is 1.10 bits per heavy atom. The van der Waals surface area contributed by atoms with E-state index in [0.717, 1.165) is 18.5 Å². The third-order valence-electron chi connectivity index (χ3n) is 2.80. The molecule has 0 aliphatic rings. The van der Waals surface area contributed by atoms with Crippen molar-refractivity contribution in [3.8, 4) is 0 Å². The molecule has 1 heterocycles. The summed E-state index contributed by atoms with van der Waals surface area (Å²) in [5, 5.41) is 6.27. The molecule has 0 amide bonds. The standard InChI is InChI=1S/C14H18FN5/c1-2-7-17-13-12(16)14(20-9-19-13)18-8-10-3-5-11(15)6-4-10/h3-6,9H,2,7-8,16H2,1H3,(H2,17,18,19,20). The first-order valence-corrected chi connectivity index (χ1v) is 6.53. The lowest BCUT2D eigenvalue weighted by Gasteiger charge is -2.12. The average Bonchev–Trinajstić information content (AvgIpc) is 2.47. The average molecular weight is 275 g/mol. The molecule has 5 nitrogen and oxygen atoms in total. The fraction of sp³-hybridized carbons (Fsp3) is 0.286. The lowest BCUT2D eigenvalue weighted by molar-refractivity contribution is 0.627. The monoisotopic (exact) mass is 275 g/mol. The molecule has 4 N–H and O–H groups in total. The predicted octanol–water partition coefficient (Wildman–Crippen LogP) is 2.63. The maximum absolute atomic E-state index is 12.8. The van der Waals surface area contributed by atoms with Gasteiger partial charge in [-0.2, -0.15) is 0 Å². The molecule has 0 atom stereocenters. The Bertz CT molecular complexity index is 556. The Labute approximate surface area is 117 Å². The van der Waals surface area contributed by atoms with Crippen LogP contribution in [0.1, 0.15) is 18.9 Å². The molecule has 2 aromatic rings. The van der Waals surface area contributed by atoms with Crippen LogP contribution in [0.4, 0.5) is 21.7 Å². The van der Waals surface area contributed by atoms with E-state index in [1.807, 2.05) is 0 Å². The topological polar surface area (TPSA) is 75.9 Å². The Balaban J connectivity index is 2.03. The molecule has 0 spiro atoms. The summed E-state index contributed by atoms with van der Waals surface area (Å²) < 4.78 is 12.8. The fourth-order valence-electron chi connectivity index (χ4n) is 1.71. The molecule has 0 saturated carbocycles. The highest BCUT2D eigenvalue weighted by atomic mass is 19.1. The van der Waals surface area contributed by atoms with Crippen molar-refractivity contribution in [3.63, 3.8) is 0 Å². The number of nitrogens with one attached hydrogen (secondary N) is 2. The minimum atomic E-state index is -0.249. The second-order valence-corrected chi connectivity index (χ2v) is 4.39. The maximum atomic E-state index is 12.8. The van der Waals surface area contributed by atoms with E-state index in [-0.39, 0.29) is 5.82 Å². The Morgan fingerprint density at radius 2 is 1.75 bits per heavy atom. The molecule has 1 aromatic heterocycles. The smallest absolute Gasteiger partial charge is 0.155 e. The van der Waals surface area contributed by atoms with E-state index in [4.69, 9.17) is 5.73 Å². The van der Waals surface area contributed by atoms with Crippen molar-refractivity contribution < 1.29 is 4.39 Å². The Hall–Kier alpha value is -2.37. The molecule has 6 heteroatoms. The quantitative estimate of drug-likeness (QED) is 0.755. The zero-order chi connectivity index (χ0) is 14.4. The van der Waals surface area contributed by atoms with Crippen molar-refractivity contribution in [1.29, 1.82) is 0 Å². The minimum Gasteiger partial charge on any atom is -0.393 e. The highest BCUT2D eigenvalue weighted by molar-refractivity contribution is 5.73. The first kappa shape index (κ1) is 14.0. The number of hydrogen-bond acceptors (Lipinski definition) is 5. The lowest BCUT2D eigenvalue weighted by Crippen LogP contribution is -2.10. The van der Waals surface area contributed by atoms with Crippen molar-refractivity contribution in [1.82, 2.24) is 9.97 Å². The largest absolute Gasteiger partial charge is 0.393 e. The van der Waals surface area contributed by atoms with Gasteiger partial charge in [-0.05, 0) is 24.1 Å². The molecule has 0 radical (unpaired) electrons. The molecule has 2 rings (SSSR count). The van der Waals surface area contributed by atoms with Crippen LogP contribution >= 0.6 is 0 Å². The van der Waals surface area contributed by atoms with Crippen molar-refractivity contribution in [2.45, 2.75) is 19.9 Å². The van der Waals surface area contributed by atoms with Crippen LogP contribution in [0.5, 0.6) is 0 Å².